The summed E-state index contributed by atoms with van der Waals surface area (Å²) in [5.74, 6) is -0.355. The number of pyridine rings is 1. The molecule has 34 heavy (non-hydrogen) atoms. The molecule has 0 aliphatic heterocycles. The van der Waals surface area contributed by atoms with Gasteiger partial charge in [-0.05, 0) is 42.7 Å². The summed E-state index contributed by atoms with van der Waals surface area (Å²) in [5, 5.41) is 5.71. The van der Waals surface area contributed by atoms with E-state index >= 15 is 0 Å². The fourth-order valence-electron chi connectivity index (χ4n) is 3.32. The number of nitrogens with zero attached hydrogens (tertiary/aromatic N) is 1. The van der Waals surface area contributed by atoms with Gasteiger partial charge in [-0.3, -0.25) is 9.36 Å². The maximum absolute atomic E-state index is 13.7. The summed E-state index contributed by atoms with van der Waals surface area (Å²) < 4.78 is 24.3. The summed E-state index contributed by atoms with van der Waals surface area (Å²) in [7, 11) is -2.15. The minimum Gasteiger partial charge on any atom is -0.465 e. The number of benzene rings is 2. The van der Waals surface area contributed by atoms with Crippen molar-refractivity contribution in [1.29, 1.82) is 0 Å². The first-order valence-corrected chi connectivity index (χ1v) is 12.7. The van der Waals surface area contributed by atoms with Crippen molar-refractivity contribution < 1.29 is 23.4 Å². The number of methoxy groups -OCH3 is 1. The van der Waals surface area contributed by atoms with E-state index in [0.29, 0.717) is 12.2 Å². The molecule has 0 aliphatic carbocycles. The molecule has 0 fully saturated rings. The third-order valence-corrected chi connectivity index (χ3v) is 7.14. The van der Waals surface area contributed by atoms with Crippen LogP contribution < -0.4 is 14.9 Å². The number of hydrogen-bond donors (Lipinski definition) is 2. The molecule has 0 saturated carbocycles. The van der Waals surface area contributed by atoms with E-state index in [9.17, 15) is 14.2 Å². The molecule has 1 aromatic heterocycles. The van der Waals surface area contributed by atoms with Gasteiger partial charge in [0.25, 0.3) is 0 Å². The number of carbonyl (C=O) groups is 2. The van der Waals surface area contributed by atoms with Crippen molar-refractivity contribution in [2.24, 2.45) is 0 Å². The Morgan fingerprint density at radius 1 is 1.03 bits per heavy atom. The summed E-state index contributed by atoms with van der Waals surface area (Å²) in [6.45, 7) is 1.90. The zero-order chi connectivity index (χ0) is 24.4. The predicted octanol–water partition coefficient (Wildman–Crippen LogP) is 4.69. The molecular weight excluding hydrogens is 453 g/mol. The van der Waals surface area contributed by atoms with Gasteiger partial charge in [0.2, 0.25) is 5.91 Å². The number of rotatable bonds is 11. The Morgan fingerprint density at radius 3 is 2.35 bits per heavy atom. The number of hydrogen-bond acceptors (Lipinski definition) is 6. The SMILES string of the molecule is CCCP(=O)(NC(Cc1ccccc1)C(=O)Nc1cc(C(=O)OC)ccn1)Oc1ccccc1. The summed E-state index contributed by atoms with van der Waals surface area (Å²) >= 11 is 0. The van der Waals surface area contributed by atoms with Crippen LogP contribution in [0, 0.1) is 0 Å². The van der Waals surface area contributed by atoms with Crippen LogP contribution in [0.25, 0.3) is 0 Å². The lowest BCUT2D eigenvalue weighted by Gasteiger charge is -2.26. The smallest absolute Gasteiger partial charge is 0.338 e. The fourth-order valence-corrected chi connectivity index (χ4v) is 5.33. The molecule has 3 rings (SSSR count). The van der Waals surface area contributed by atoms with Crippen LogP contribution in [0.5, 0.6) is 5.75 Å². The number of para-hydroxylation sites is 1. The van der Waals surface area contributed by atoms with Gasteiger partial charge >= 0.3 is 13.5 Å². The number of aromatic nitrogens is 1. The molecule has 2 aromatic carbocycles. The van der Waals surface area contributed by atoms with Crippen molar-refractivity contribution in [2.75, 3.05) is 18.6 Å². The Kier molecular flexibility index (Phi) is 8.96. The molecule has 0 radical (unpaired) electrons. The predicted molar refractivity (Wildman–Crippen MR) is 131 cm³/mol. The molecule has 3 aromatic rings. The third-order valence-electron chi connectivity index (χ3n) is 4.90. The Hall–Kier alpha value is -3.48. The lowest BCUT2D eigenvalue weighted by Crippen LogP contribution is -2.42. The summed E-state index contributed by atoms with van der Waals surface area (Å²) in [6.07, 6.45) is 2.52. The molecule has 178 valence electrons. The number of ether oxygens (including phenoxy) is 1. The molecule has 1 heterocycles. The molecule has 2 unspecified atom stereocenters. The highest BCUT2D eigenvalue weighted by atomic mass is 31.2. The van der Waals surface area contributed by atoms with E-state index in [1.165, 1.54) is 25.4 Å². The number of nitrogens with one attached hydrogen (secondary N) is 2. The fraction of sp³-hybridized carbons (Fsp3) is 0.240. The van der Waals surface area contributed by atoms with Crippen LogP contribution in [0.4, 0.5) is 5.82 Å². The monoisotopic (exact) mass is 481 g/mol. The van der Waals surface area contributed by atoms with Gasteiger partial charge in [-0.1, -0.05) is 55.5 Å². The molecule has 2 atom stereocenters. The van der Waals surface area contributed by atoms with Crippen molar-refractivity contribution >= 4 is 25.2 Å². The second-order valence-electron chi connectivity index (χ2n) is 7.58. The molecule has 9 heteroatoms. The molecule has 8 nitrogen and oxygen atoms in total. The van der Waals surface area contributed by atoms with Crippen molar-refractivity contribution in [1.82, 2.24) is 10.1 Å². The molecule has 0 aliphatic rings. The molecule has 2 N–H and O–H groups in total. The first-order chi connectivity index (χ1) is 16.4. The number of anilines is 1. The highest BCUT2D eigenvalue weighted by Crippen LogP contribution is 2.44. The van der Waals surface area contributed by atoms with Crippen LogP contribution in [0.1, 0.15) is 29.3 Å². The van der Waals surface area contributed by atoms with Gasteiger partial charge < -0.3 is 14.6 Å². The average Bonchev–Trinajstić information content (AvgIpc) is 2.84. The number of carbonyl (C=O) groups excluding carboxylic acids is 2. The Balaban J connectivity index is 1.85. The van der Waals surface area contributed by atoms with Crippen molar-refractivity contribution in [3.05, 3.63) is 90.1 Å². The van der Waals surface area contributed by atoms with E-state index in [-0.39, 0.29) is 24.0 Å². The van der Waals surface area contributed by atoms with E-state index in [0.717, 1.165) is 5.56 Å². The summed E-state index contributed by atoms with van der Waals surface area (Å²) in [5.41, 5.74) is 1.14. The Morgan fingerprint density at radius 2 is 1.71 bits per heavy atom. The average molecular weight is 481 g/mol. The first kappa shape index (κ1) is 25.1. The standard InChI is InChI=1S/C25H28N3O5P/c1-3-16-34(31,33-21-12-8-5-9-13-21)28-22(17-19-10-6-4-7-11-19)24(29)27-23-18-20(14-15-26-23)25(30)32-2/h4-15,18,22H,3,16-17H2,1-2H3,(H,28,31)(H,26,27,29). The van der Waals surface area contributed by atoms with Gasteiger partial charge in [-0.2, -0.15) is 0 Å². The topological polar surface area (TPSA) is 107 Å². The van der Waals surface area contributed by atoms with Crippen molar-refractivity contribution in [3.8, 4) is 5.75 Å². The Bertz CT molecular complexity index is 1140. The molecule has 0 bridgehead atoms. The van der Waals surface area contributed by atoms with Crippen LogP contribution in [0.2, 0.25) is 0 Å². The number of esters is 1. The van der Waals surface area contributed by atoms with Gasteiger partial charge in [0.05, 0.1) is 18.7 Å². The van der Waals surface area contributed by atoms with E-state index in [2.05, 4.69) is 15.4 Å². The maximum atomic E-state index is 13.7. The minimum atomic E-state index is -3.43. The van der Waals surface area contributed by atoms with Gasteiger partial charge in [0.1, 0.15) is 11.6 Å². The van der Waals surface area contributed by atoms with Gasteiger partial charge in [-0.25, -0.2) is 14.9 Å². The quantitative estimate of drug-likeness (QED) is 0.302. The largest absolute Gasteiger partial charge is 0.465 e. The molecule has 1 amide bonds. The second-order valence-corrected chi connectivity index (χ2v) is 9.82. The lowest BCUT2D eigenvalue weighted by molar-refractivity contribution is -0.117. The summed E-state index contributed by atoms with van der Waals surface area (Å²) in [4.78, 5) is 29.2. The Labute approximate surface area is 199 Å². The van der Waals surface area contributed by atoms with E-state index in [1.54, 1.807) is 24.3 Å². The zero-order valence-electron chi connectivity index (χ0n) is 19.1. The first-order valence-electron chi connectivity index (χ1n) is 10.9. The van der Waals surface area contributed by atoms with Gasteiger partial charge in [0, 0.05) is 12.4 Å². The van der Waals surface area contributed by atoms with Crippen molar-refractivity contribution in [2.45, 2.75) is 25.8 Å². The van der Waals surface area contributed by atoms with Crippen molar-refractivity contribution in [3.63, 3.8) is 0 Å². The molecular formula is C25H28N3O5P. The molecule has 0 saturated heterocycles. The van der Waals surface area contributed by atoms with Crippen LogP contribution in [-0.2, 0) is 20.5 Å². The van der Waals surface area contributed by atoms with E-state index in [4.69, 9.17) is 9.26 Å². The normalized spacial score (nSPS) is 13.4. The van der Waals surface area contributed by atoms with Gasteiger partial charge in [0.15, 0.2) is 0 Å². The highest BCUT2D eigenvalue weighted by molar-refractivity contribution is 7.57. The third kappa shape index (κ3) is 7.27. The molecule has 0 spiro atoms. The van der Waals surface area contributed by atoms with Crippen LogP contribution in [-0.4, -0.2) is 36.2 Å². The highest BCUT2D eigenvalue weighted by Gasteiger charge is 2.31. The number of amides is 1. The zero-order valence-corrected chi connectivity index (χ0v) is 20.0. The van der Waals surface area contributed by atoms with E-state index in [1.807, 2.05) is 43.3 Å². The lowest BCUT2D eigenvalue weighted by atomic mass is 10.1. The maximum Gasteiger partial charge on any atom is 0.338 e. The van der Waals surface area contributed by atoms with Crippen LogP contribution in [0.15, 0.2) is 79.0 Å². The van der Waals surface area contributed by atoms with Gasteiger partial charge in [-0.15, -0.1) is 0 Å². The van der Waals surface area contributed by atoms with E-state index < -0.39 is 25.4 Å². The van der Waals surface area contributed by atoms with Crippen LogP contribution >= 0.6 is 7.52 Å². The van der Waals surface area contributed by atoms with Crippen LogP contribution in [0.3, 0.4) is 0 Å². The summed E-state index contributed by atoms with van der Waals surface area (Å²) in [6, 6.07) is 20.3. The minimum absolute atomic E-state index is 0.182. The second kappa shape index (κ2) is 12.1.